The Balaban J connectivity index is 2.38. The van der Waals surface area contributed by atoms with Gasteiger partial charge in [-0.1, -0.05) is 24.9 Å². The highest BCUT2D eigenvalue weighted by Crippen LogP contribution is 2.37. The van der Waals surface area contributed by atoms with Gasteiger partial charge in [0.1, 0.15) is 5.82 Å². The number of aromatic nitrogens is 1. The summed E-state index contributed by atoms with van der Waals surface area (Å²) in [6, 6.07) is 1.76. The molecule has 118 valence electrons. The van der Waals surface area contributed by atoms with Crippen molar-refractivity contribution in [1.82, 2.24) is 15.3 Å². The highest BCUT2D eigenvalue weighted by molar-refractivity contribution is 6.30. The van der Waals surface area contributed by atoms with Crippen LogP contribution in [0.4, 0.5) is 5.82 Å². The molecular weight excluding hydrogens is 286 g/mol. The van der Waals surface area contributed by atoms with Crippen molar-refractivity contribution < 1.29 is 0 Å². The van der Waals surface area contributed by atoms with Crippen LogP contribution in [0, 0.1) is 0 Å². The summed E-state index contributed by atoms with van der Waals surface area (Å²) in [6.07, 6.45) is 6.30. The molecule has 0 aromatic carbocycles. The molecule has 0 radical (unpaired) electrons. The van der Waals surface area contributed by atoms with Crippen LogP contribution < -0.4 is 17.0 Å². The van der Waals surface area contributed by atoms with Gasteiger partial charge in [-0.25, -0.2) is 4.98 Å². The van der Waals surface area contributed by atoms with E-state index >= 15 is 0 Å². The number of anilines is 1. The minimum atomic E-state index is -0.115. The van der Waals surface area contributed by atoms with Crippen LogP contribution in [0.15, 0.2) is 12.3 Å². The third-order valence-corrected chi connectivity index (χ3v) is 5.02. The average Bonchev–Trinajstić information content (AvgIpc) is 2.52. The Bertz CT molecular complexity index is 475. The Hall–Kier alpha value is -0.880. The normalized spacial score (nSPS) is 21.0. The van der Waals surface area contributed by atoms with Crippen molar-refractivity contribution in [3.63, 3.8) is 0 Å². The van der Waals surface area contributed by atoms with Crippen molar-refractivity contribution in [3.05, 3.63) is 22.8 Å². The number of hydrogen-bond donors (Lipinski definition) is 3. The second kappa shape index (κ2) is 6.92. The predicted molar refractivity (Wildman–Crippen MR) is 87.8 cm³/mol. The van der Waals surface area contributed by atoms with Crippen LogP contribution in [-0.4, -0.2) is 28.5 Å². The van der Waals surface area contributed by atoms with E-state index in [0.717, 1.165) is 25.1 Å². The first-order chi connectivity index (χ1) is 10.0. The quantitative estimate of drug-likeness (QED) is 0.575. The summed E-state index contributed by atoms with van der Waals surface area (Å²) in [4.78, 5) is 6.69. The van der Waals surface area contributed by atoms with E-state index in [1.807, 2.05) is 6.07 Å². The van der Waals surface area contributed by atoms with Gasteiger partial charge in [0.05, 0.1) is 11.1 Å². The minimum absolute atomic E-state index is 0.105. The van der Waals surface area contributed by atoms with E-state index < -0.39 is 0 Å². The summed E-state index contributed by atoms with van der Waals surface area (Å²) < 4.78 is 0. The van der Waals surface area contributed by atoms with Crippen molar-refractivity contribution in [2.24, 2.45) is 5.84 Å². The van der Waals surface area contributed by atoms with Gasteiger partial charge in [0, 0.05) is 17.3 Å². The number of nitrogen functional groups attached to an aromatic ring is 1. The molecule has 0 spiro atoms. The van der Waals surface area contributed by atoms with Crippen molar-refractivity contribution in [2.75, 3.05) is 18.8 Å². The molecule has 2 heterocycles. The maximum atomic E-state index is 6.10. The summed E-state index contributed by atoms with van der Waals surface area (Å²) >= 11 is 6.10. The zero-order valence-electron chi connectivity index (χ0n) is 12.9. The predicted octanol–water partition coefficient (Wildman–Crippen LogP) is 2.48. The van der Waals surface area contributed by atoms with E-state index in [1.165, 1.54) is 19.3 Å². The molecule has 1 aromatic heterocycles. The average molecular weight is 312 g/mol. The molecule has 0 aliphatic carbocycles. The molecule has 1 aliphatic rings. The molecule has 1 aromatic rings. The SMILES string of the molecule is CCC(C)(C(NN)c1cc(Cl)cnc1N)N1CCCCC1. The van der Waals surface area contributed by atoms with Crippen molar-refractivity contribution in [1.29, 1.82) is 0 Å². The number of nitrogens with one attached hydrogen (secondary N) is 1. The fraction of sp³-hybridized carbons (Fsp3) is 0.667. The molecule has 0 bridgehead atoms. The number of nitrogens with two attached hydrogens (primary N) is 2. The van der Waals surface area contributed by atoms with Crippen molar-refractivity contribution in [2.45, 2.75) is 51.1 Å². The molecule has 5 nitrogen and oxygen atoms in total. The summed E-state index contributed by atoms with van der Waals surface area (Å²) in [6.45, 7) is 6.61. The summed E-state index contributed by atoms with van der Waals surface area (Å²) in [7, 11) is 0. The molecule has 0 saturated carbocycles. The molecule has 2 atom stereocenters. The molecular formula is C15H26ClN5. The number of hydrogen-bond acceptors (Lipinski definition) is 5. The van der Waals surface area contributed by atoms with E-state index in [9.17, 15) is 0 Å². The molecule has 6 heteroatoms. The number of nitrogens with zero attached hydrogens (tertiary/aromatic N) is 2. The number of hydrazine groups is 1. The first kappa shape index (κ1) is 16.5. The molecule has 5 N–H and O–H groups in total. The number of piperidine rings is 1. The van der Waals surface area contributed by atoms with Crippen LogP contribution in [0.25, 0.3) is 0 Å². The van der Waals surface area contributed by atoms with Gasteiger partial charge in [0.2, 0.25) is 0 Å². The monoisotopic (exact) mass is 311 g/mol. The number of halogens is 1. The van der Waals surface area contributed by atoms with E-state index in [1.54, 1.807) is 6.20 Å². The van der Waals surface area contributed by atoms with E-state index in [-0.39, 0.29) is 11.6 Å². The lowest BCUT2D eigenvalue weighted by Crippen LogP contribution is -2.57. The maximum Gasteiger partial charge on any atom is 0.128 e. The first-order valence-corrected chi connectivity index (χ1v) is 8.02. The maximum absolute atomic E-state index is 6.10. The molecule has 2 rings (SSSR count). The Labute approximate surface area is 132 Å². The lowest BCUT2D eigenvalue weighted by Gasteiger charge is -2.48. The van der Waals surface area contributed by atoms with E-state index in [0.29, 0.717) is 10.8 Å². The van der Waals surface area contributed by atoms with Gasteiger partial charge in [-0.05, 0) is 45.3 Å². The molecule has 21 heavy (non-hydrogen) atoms. The number of likely N-dealkylation sites (tertiary alicyclic amines) is 1. The lowest BCUT2D eigenvalue weighted by atomic mass is 9.82. The minimum Gasteiger partial charge on any atom is -0.383 e. The van der Waals surface area contributed by atoms with Crippen LogP contribution in [-0.2, 0) is 0 Å². The van der Waals surface area contributed by atoms with Crippen LogP contribution in [0.1, 0.15) is 51.1 Å². The van der Waals surface area contributed by atoms with Gasteiger partial charge in [-0.15, -0.1) is 0 Å². The number of rotatable bonds is 5. The molecule has 2 unspecified atom stereocenters. The van der Waals surface area contributed by atoms with Crippen LogP contribution in [0.2, 0.25) is 5.02 Å². The first-order valence-electron chi connectivity index (χ1n) is 7.65. The Morgan fingerprint density at radius 1 is 1.43 bits per heavy atom. The smallest absolute Gasteiger partial charge is 0.128 e. The molecule has 1 aliphatic heterocycles. The molecule has 0 amide bonds. The van der Waals surface area contributed by atoms with Crippen molar-refractivity contribution in [3.8, 4) is 0 Å². The van der Waals surface area contributed by atoms with Crippen LogP contribution >= 0.6 is 11.6 Å². The van der Waals surface area contributed by atoms with Gasteiger partial charge in [-0.2, -0.15) is 0 Å². The highest BCUT2D eigenvalue weighted by atomic mass is 35.5. The Morgan fingerprint density at radius 2 is 2.10 bits per heavy atom. The second-order valence-corrected chi connectivity index (χ2v) is 6.42. The summed E-state index contributed by atoms with van der Waals surface area (Å²) in [5.41, 5.74) is 9.78. The lowest BCUT2D eigenvalue weighted by molar-refractivity contribution is 0.0425. The second-order valence-electron chi connectivity index (χ2n) is 5.99. The van der Waals surface area contributed by atoms with Gasteiger partial charge in [0.25, 0.3) is 0 Å². The summed E-state index contributed by atoms with van der Waals surface area (Å²) in [5, 5.41) is 0.580. The van der Waals surface area contributed by atoms with E-state index in [4.69, 9.17) is 23.2 Å². The highest BCUT2D eigenvalue weighted by Gasteiger charge is 2.40. The zero-order chi connectivity index (χ0) is 15.5. The van der Waals surface area contributed by atoms with Crippen LogP contribution in [0.3, 0.4) is 0 Å². The topological polar surface area (TPSA) is 80.2 Å². The third kappa shape index (κ3) is 3.31. The van der Waals surface area contributed by atoms with Gasteiger partial charge >= 0.3 is 0 Å². The fourth-order valence-corrected chi connectivity index (χ4v) is 3.48. The summed E-state index contributed by atoms with van der Waals surface area (Å²) in [5.74, 6) is 6.37. The molecule has 1 saturated heterocycles. The zero-order valence-corrected chi connectivity index (χ0v) is 13.7. The van der Waals surface area contributed by atoms with Gasteiger partial charge < -0.3 is 5.73 Å². The van der Waals surface area contributed by atoms with E-state index in [2.05, 4.69) is 29.2 Å². The van der Waals surface area contributed by atoms with Crippen molar-refractivity contribution >= 4 is 17.4 Å². The third-order valence-electron chi connectivity index (χ3n) is 4.81. The Kier molecular flexibility index (Phi) is 5.43. The van der Waals surface area contributed by atoms with Gasteiger partial charge in [-0.3, -0.25) is 16.2 Å². The standard InChI is InChI=1S/C15H26ClN5/c1-3-15(2,21-7-5-4-6-8-21)13(20-18)12-9-11(16)10-19-14(12)17/h9-10,13,20H,3-8,18H2,1-2H3,(H2,17,19). The Morgan fingerprint density at radius 3 is 2.67 bits per heavy atom. The fourth-order valence-electron chi connectivity index (χ4n) is 3.32. The largest absolute Gasteiger partial charge is 0.383 e. The number of pyridine rings is 1. The van der Waals surface area contributed by atoms with Gasteiger partial charge in [0.15, 0.2) is 0 Å². The van der Waals surface area contributed by atoms with Crippen LogP contribution in [0.5, 0.6) is 0 Å². The molecule has 1 fully saturated rings.